The maximum atomic E-state index is 10.8. The van der Waals surface area contributed by atoms with Crippen molar-refractivity contribution in [2.75, 3.05) is 0 Å². The van der Waals surface area contributed by atoms with Crippen molar-refractivity contribution >= 4 is 23.6 Å². The fraction of sp³-hybridized carbons (Fsp3) is 0.143. The van der Waals surface area contributed by atoms with Gasteiger partial charge in [0.25, 0.3) is 12.4 Å². The molecule has 1 aromatic carbocycles. The van der Waals surface area contributed by atoms with E-state index in [1.165, 1.54) is 24.3 Å². The molecule has 0 saturated carbocycles. The van der Waals surface area contributed by atoms with Gasteiger partial charge in [-0.2, -0.15) is 0 Å². The van der Waals surface area contributed by atoms with Crippen molar-refractivity contribution in [1.82, 2.24) is 0 Å². The van der Waals surface area contributed by atoms with E-state index in [2.05, 4.69) is 0 Å². The van der Waals surface area contributed by atoms with Crippen LogP contribution in [0.2, 0.25) is 0 Å². The zero-order chi connectivity index (χ0) is 10.8. The molecule has 7 heteroatoms. The summed E-state index contributed by atoms with van der Waals surface area (Å²) >= 11 is 5.15. The maximum absolute atomic E-state index is 10.8. The summed E-state index contributed by atoms with van der Waals surface area (Å²) < 4.78 is 10.8. The molecule has 0 fully saturated rings. The lowest BCUT2D eigenvalue weighted by atomic mass is 10.2. The molecule has 0 bridgehead atoms. The molecule has 14 heavy (non-hydrogen) atoms. The standard InChI is InChI=1S/C7H7ClNO4P/c8-14(12,13)5-6-1-3-7(4-2-6)9(10)11/h1-4H,5H2,(H,12,13). The summed E-state index contributed by atoms with van der Waals surface area (Å²) in [5.74, 6) is 0. The molecule has 0 spiro atoms. The van der Waals surface area contributed by atoms with Crippen molar-refractivity contribution < 1.29 is 14.4 Å². The molecule has 0 aliphatic carbocycles. The number of nitrogens with zero attached hydrogens (tertiary/aromatic N) is 1. The van der Waals surface area contributed by atoms with E-state index >= 15 is 0 Å². The van der Waals surface area contributed by atoms with Gasteiger partial charge in [0.15, 0.2) is 0 Å². The third-order valence-corrected chi connectivity index (χ3v) is 2.64. The average Bonchev–Trinajstić information content (AvgIpc) is 2.02. The Morgan fingerprint density at radius 1 is 1.43 bits per heavy atom. The number of rotatable bonds is 3. The zero-order valence-corrected chi connectivity index (χ0v) is 8.61. The molecule has 76 valence electrons. The van der Waals surface area contributed by atoms with Crippen molar-refractivity contribution in [2.45, 2.75) is 6.16 Å². The van der Waals surface area contributed by atoms with E-state index in [4.69, 9.17) is 16.1 Å². The topological polar surface area (TPSA) is 80.4 Å². The van der Waals surface area contributed by atoms with Gasteiger partial charge in [-0.05, 0) is 16.8 Å². The Bertz CT molecular complexity index is 385. The first-order chi connectivity index (χ1) is 6.38. The summed E-state index contributed by atoms with van der Waals surface area (Å²) in [5.41, 5.74) is 0.438. The van der Waals surface area contributed by atoms with Crippen LogP contribution in [-0.2, 0) is 10.7 Å². The zero-order valence-electron chi connectivity index (χ0n) is 6.96. The first-order valence-corrected chi connectivity index (χ1v) is 6.38. The van der Waals surface area contributed by atoms with E-state index in [0.717, 1.165) is 0 Å². The first-order valence-electron chi connectivity index (χ1n) is 3.63. The largest absolute Gasteiger partial charge is 0.333 e. The molecule has 0 aliphatic rings. The first kappa shape index (κ1) is 11.2. The summed E-state index contributed by atoms with van der Waals surface area (Å²) in [6.07, 6.45) is -0.188. The summed E-state index contributed by atoms with van der Waals surface area (Å²) in [6, 6.07) is 5.34. The minimum atomic E-state index is -3.62. The van der Waals surface area contributed by atoms with Gasteiger partial charge in [-0.1, -0.05) is 12.1 Å². The number of benzene rings is 1. The fourth-order valence-corrected chi connectivity index (χ4v) is 2.02. The molecule has 5 nitrogen and oxygen atoms in total. The summed E-state index contributed by atoms with van der Waals surface area (Å²) in [5, 5.41) is 10.3. The van der Waals surface area contributed by atoms with Gasteiger partial charge in [-0.25, -0.2) is 0 Å². The minimum absolute atomic E-state index is 0.0592. The Labute approximate surface area is 84.7 Å². The molecule has 0 aromatic heterocycles. The lowest BCUT2D eigenvalue weighted by Gasteiger charge is -2.01. The molecule has 1 N–H and O–H groups in total. The third-order valence-electron chi connectivity index (χ3n) is 1.52. The van der Waals surface area contributed by atoms with Crippen LogP contribution >= 0.6 is 18.0 Å². The van der Waals surface area contributed by atoms with E-state index in [1.807, 2.05) is 0 Å². The highest BCUT2D eigenvalue weighted by atomic mass is 35.7. The second kappa shape index (κ2) is 4.09. The van der Waals surface area contributed by atoms with Crippen LogP contribution in [0.3, 0.4) is 0 Å². The van der Waals surface area contributed by atoms with Crippen molar-refractivity contribution in [3.8, 4) is 0 Å². The summed E-state index contributed by atoms with van der Waals surface area (Å²) in [4.78, 5) is 18.6. The summed E-state index contributed by atoms with van der Waals surface area (Å²) in [6.45, 7) is -3.62. The van der Waals surface area contributed by atoms with Crippen LogP contribution in [0.1, 0.15) is 5.56 Å². The monoisotopic (exact) mass is 235 g/mol. The van der Waals surface area contributed by atoms with Crippen molar-refractivity contribution in [3.63, 3.8) is 0 Å². The molecule has 0 aliphatic heterocycles. The molecular weight excluding hydrogens is 229 g/mol. The van der Waals surface area contributed by atoms with E-state index in [1.54, 1.807) is 0 Å². The SMILES string of the molecule is O=[N+]([O-])c1ccc(CP(=O)(O)Cl)cc1. The Balaban J connectivity index is 2.84. The predicted octanol–water partition coefficient (Wildman–Crippen LogP) is 2.52. The molecule has 1 rings (SSSR count). The van der Waals surface area contributed by atoms with Crippen molar-refractivity contribution in [3.05, 3.63) is 39.9 Å². The number of hydrogen-bond acceptors (Lipinski definition) is 3. The number of nitro groups is 1. The van der Waals surface area contributed by atoms with Crippen LogP contribution in [0.25, 0.3) is 0 Å². The van der Waals surface area contributed by atoms with Crippen LogP contribution in [0.5, 0.6) is 0 Å². The van der Waals surface area contributed by atoms with E-state index in [-0.39, 0.29) is 11.8 Å². The van der Waals surface area contributed by atoms with Crippen LogP contribution < -0.4 is 0 Å². The second-order valence-corrected chi connectivity index (χ2v) is 5.83. The van der Waals surface area contributed by atoms with E-state index < -0.39 is 11.6 Å². The highest BCUT2D eigenvalue weighted by molar-refractivity contribution is 7.83. The molecule has 1 atom stereocenters. The van der Waals surface area contributed by atoms with Crippen LogP contribution in [0.15, 0.2) is 24.3 Å². The molecule has 0 radical (unpaired) electrons. The number of non-ortho nitro benzene ring substituents is 1. The molecular formula is C7H7ClNO4P. The Morgan fingerprint density at radius 2 is 1.93 bits per heavy atom. The van der Waals surface area contributed by atoms with Crippen LogP contribution in [-0.4, -0.2) is 9.82 Å². The number of hydrogen-bond donors (Lipinski definition) is 1. The predicted molar refractivity (Wildman–Crippen MR) is 52.5 cm³/mol. The smallest absolute Gasteiger partial charge is 0.291 e. The molecule has 0 amide bonds. The van der Waals surface area contributed by atoms with Gasteiger partial charge in [0, 0.05) is 12.1 Å². The molecule has 0 saturated heterocycles. The van der Waals surface area contributed by atoms with Crippen molar-refractivity contribution in [2.24, 2.45) is 0 Å². The second-order valence-electron chi connectivity index (χ2n) is 2.70. The lowest BCUT2D eigenvalue weighted by Crippen LogP contribution is -1.88. The van der Waals surface area contributed by atoms with Crippen LogP contribution in [0, 0.1) is 10.1 Å². The van der Waals surface area contributed by atoms with Gasteiger partial charge in [0.05, 0.1) is 11.1 Å². The highest BCUT2D eigenvalue weighted by Gasteiger charge is 2.14. The fourth-order valence-electron chi connectivity index (χ4n) is 0.948. The van der Waals surface area contributed by atoms with Gasteiger partial charge >= 0.3 is 0 Å². The lowest BCUT2D eigenvalue weighted by molar-refractivity contribution is -0.384. The minimum Gasteiger partial charge on any atom is -0.333 e. The van der Waals surface area contributed by atoms with Gasteiger partial charge in [0.2, 0.25) is 0 Å². The normalized spacial score (nSPS) is 14.7. The Morgan fingerprint density at radius 3 is 2.29 bits per heavy atom. The molecule has 0 heterocycles. The van der Waals surface area contributed by atoms with Crippen molar-refractivity contribution in [1.29, 1.82) is 0 Å². The van der Waals surface area contributed by atoms with E-state index in [9.17, 15) is 14.7 Å². The number of halogens is 1. The highest BCUT2D eigenvalue weighted by Crippen LogP contribution is 2.49. The summed E-state index contributed by atoms with van der Waals surface area (Å²) in [7, 11) is 0. The Hall–Kier alpha value is -0.900. The van der Waals surface area contributed by atoms with Gasteiger partial charge in [0.1, 0.15) is 0 Å². The van der Waals surface area contributed by atoms with Gasteiger partial charge in [-0.3, -0.25) is 14.7 Å². The van der Waals surface area contributed by atoms with Gasteiger partial charge < -0.3 is 4.89 Å². The molecule has 1 aromatic rings. The van der Waals surface area contributed by atoms with Crippen LogP contribution in [0.4, 0.5) is 5.69 Å². The average molecular weight is 236 g/mol. The quantitative estimate of drug-likeness (QED) is 0.496. The van der Waals surface area contributed by atoms with Gasteiger partial charge in [-0.15, -0.1) is 0 Å². The number of nitro benzene ring substituents is 1. The van der Waals surface area contributed by atoms with E-state index in [0.29, 0.717) is 5.56 Å². The maximum Gasteiger partial charge on any atom is 0.291 e. The molecule has 1 unspecified atom stereocenters. The Kier molecular flexibility index (Phi) is 3.26. The third kappa shape index (κ3) is 3.46.